The molecule has 2 rings (SSSR count). The summed E-state index contributed by atoms with van der Waals surface area (Å²) in [6.45, 7) is 7.66. The molecule has 0 aliphatic rings. The Labute approximate surface area is 165 Å². The lowest BCUT2D eigenvalue weighted by Gasteiger charge is -2.24. The Bertz CT molecular complexity index is 863. The summed E-state index contributed by atoms with van der Waals surface area (Å²) in [5, 5.41) is 0.714. The van der Waals surface area contributed by atoms with Crippen molar-refractivity contribution in [2.45, 2.75) is 54.1 Å². The van der Waals surface area contributed by atoms with E-state index >= 15 is 0 Å². The first-order valence-electron chi connectivity index (χ1n) is 9.56. The number of nitrogens with zero attached hydrogens (tertiary/aromatic N) is 2. The van der Waals surface area contributed by atoms with Gasteiger partial charge in [0.15, 0.2) is 0 Å². The Morgan fingerprint density at radius 1 is 1.29 bits per heavy atom. The van der Waals surface area contributed by atoms with Crippen LogP contribution in [0.2, 0.25) is 0 Å². The molecule has 28 heavy (non-hydrogen) atoms. The molecule has 0 radical (unpaired) electrons. The van der Waals surface area contributed by atoms with E-state index in [0.29, 0.717) is 34.5 Å². The molecular weight excluding hydrogens is 362 g/mol. The lowest BCUT2D eigenvalue weighted by atomic mass is 10.1. The minimum absolute atomic E-state index is 0.0920. The summed E-state index contributed by atoms with van der Waals surface area (Å²) < 4.78 is 29.6. The predicted molar refractivity (Wildman–Crippen MR) is 108 cm³/mol. The first-order chi connectivity index (χ1) is 13.2. The van der Waals surface area contributed by atoms with Crippen molar-refractivity contribution in [3.05, 3.63) is 47.3 Å². The number of halogens is 2. The second-order valence-corrected chi connectivity index (χ2v) is 7.31. The molecule has 6 heteroatoms. The summed E-state index contributed by atoms with van der Waals surface area (Å²) in [6.07, 6.45) is 5.27. The Morgan fingerprint density at radius 2 is 2.00 bits per heavy atom. The maximum absolute atomic E-state index is 13.1. The van der Waals surface area contributed by atoms with Crippen LogP contribution in [-0.2, 0) is 0 Å². The number of ether oxygens (including phenoxy) is 1. The van der Waals surface area contributed by atoms with Crippen LogP contribution in [-0.4, -0.2) is 28.9 Å². The minimum Gasteiger partial charge on any atom is -0.434 e. The quantitative estimate of drug-likeness (QED) is 0.560. The average Bonchev–Trinajstić information content (AvgIpc) is 2.61. The first kappa shape index (κ1) is 21.8. The fourth-order valence-electron chi connectivity index (χ4n) is 3.00. The number of aryl methyl sites for hydroxylation is 1. The van der Waals surface area contributed by atoms with E-state index in [1.54, 1.807) is 24.0 Å². The summed E-state index contributed by atoms with van der Waals surface area (Å²) in [7, 11) is 0. The molecule has 0 aliphatic heterocycles. The molecule has 0 saturated heterocycles. The second-order valence-electron chi connectivity index (χ2n) is 7.31. The topological polar surface area (TPSA) is 42.4 Å². The van der Waals surface area contributed by atoms with Crippen LogP contribution < -0.4 is 4.74 Å². The smallest absolute Gasteiger partial charge is 0.387 e. The number of rotatable bonds is 8. The molecule has 4 nitrogen and oxygen atoms in total. The molecule has 0 aliphatic carbocycles. The zero-order chi connectivity index (χ0) is 20.8. The third-order valence-electron chi connectivity index (χ3n) is 4.54. The Hall–Kier alpha value is -2.50. The van der Waals surface area contributed by atoms with Gasteiger partial charge in [0.2, 0.25) is 0 Å². The molecule has 1 aromatic heterocycles. The van der Waals surface area contributed by atoms with Gasteiger partial charge in [-0.05, 0) is 50.3 Å². The van der Waals surface area contributed by atoms with Crippen LogP contribution in [0.4, 0.5) is 8.78 Å². The highest BCUT2D eigenvalue weighted by Crippen LogP contribution is 2.27. The molecule has 0 fully saturated rings. The van der Waals surface area contributed by atoms with Crippen LogP contribution in [0.25, 0.3) is 10.9 Å². The van der Waals surface area contributed by atoms with Crippen LogP contribution in [0, 0.1) is 12.8 Å². The summed E-state index contributed by atoms with van der Waals surface area (Å²) in [5.74, 6) is 0.465. The van der Waals surface area contributed by atoms with Crippen molar-refractivity contribution in [3.63, 3.8) is 0 Å². The van der Waals surface area contributed by atoms with Gasteiger partial charge in [0.1, 0.15) is 5.75 Å². The highest BCUT2D eigenvalue weighted by atomic mass is 19.3. The van der Waals surface area contributed by atoms with Crippen molar-refractivity contribution in [2.75, 3.05) is 6.54 Å². The normalized spacial score (nSPS) is 12.1. The van der Waals surface area contributed by atoms with Gasteiger partial charge in [-0.1, -0.05) is 26.8 Å². The largest absolute Gasteiger partial charge is 0.434 e. The number of alkyl halides is 2. The number of carbonyl (C=O) groups excluding carboxylic acids is 1. The van der Waals surface area contributed by atoms with Crippen LogP contribution in [0.5, 0.6) is 5.75 Å². The molecule has 1 aromatic carbocycles. The van der Waals surface area contributed by atoms with Crippen molar-refractivity contribution in [2.24, 2.45) is 5.92 Å². The van der Waals surface area contributed by atoms with E-state index in [-0.39, 0.29) is 11.7 Å². The third kappa shape index (κ3) is 5.50. The maximum atomic E-state index is 13.1. The van der Waals surface area contributed by atoms with Gasteiger partial charge in [-0.3, -0.25) is 9.78 Å². The highest BCUT2D eigenvalue weighted by Gasteiger charge is 2.19. The van der Waals surface area contributed by atoms with Crippen molar-refractivity contribution >= 4 is 16.8 Å². The number of hydrogen-bond donors (Lipinski definition) is 0. The number of fused-ring (bicyclic) bond motifs is 1. The second kappa shape index (κ2) is 9.62. The average molecular weight is 390 g/mol. The Balaban J connectivity index is 2.38. The number of amides is 1. The minimum atomic E-state index is -2.89. The van der Waals surface area contributed by atoms with Gasteiger partial charge in [0, 0.05) is 29.9 Å². The first-order valence-corrected chi connectivity index (χ1v) is 9.56. The standard InChI is InChI=1S/C22H28F2N2O2/c1-6-7-16(5)26(9-8-14(2)3)21(27)18-11-17-10-15(4)20(28-22(23)24)12-19(17)25-13-18/h7,10-14,22H,6,8-9H2,1-5H3/b16-7+. The van der Waals surface area contributed by atoms with Crippen LogP contribution in [0.3, 0.4) is 0 Å². The fourth-order valence-corrected chi connectivity index (χ4v) is 3.00. The van der Waals surface area contributed by atoms with Crippen molar-refractivity contribution in [1.29, 1.82) is 0 Å². The summed E-state index contributed by atoms with van der Waals surface area (Å²) >= 11 is 0. The van der Waals surface area contributed by atoms with Gasteiger partial charge in [0.05, 0.1) is 11.1 Å². The number of pyridine rings is 1. The van der Waals surface area contributed by atoms with Gasteiger partial charge in [-0.15, -0.1) is 0 Å². The molecule has 1 heterocycles. The molecular formula is C22H28F2N2O2. The van der Waals surface area contributed by atoms with Gasteiger partial charge < -0.3 is 9.64 Å². The molecule has 1 amide bonds. The summed E-state index contributed by atoms with van der Waals surface area (Å²) in [6, 6.07) is 4.94. The van der Waals surface area contributed by atoms with E-state index in [1.807, 2.05) is 19.9 Å². The monoisotopic (exact) mass is 390 g/mol. The zero-order valence-electron chi connectivity index (χ0n) is 17.1. The van der Waals surface area contributed by atoms with E-state index in [1.165, 1.54) is 12.3 Å². The van der Waals surface area contributed by atoms with Crippen molar-refractivity contribution < 1.29 is 18.3 Å². The van der Waals surface area contributed by atoms with Crippen molar-refractivity contribution in [3.8, 4) is 5.75 Å². The lowest BCUT2D eigenvalue weighted by Crippen LogP contribution is -2.31. The maximum Gasteiger partial charge on any atom is 0.387 e. The fraction of sp³-hybridized carbons (Fsp3) is 0.455. The summed E-state index contributed by atoms with van der Waals surface area (Å²) in [4.78, 5) is 19.2. The molecule has 0 N–H and O–H groups in total. The van der Waals surface area contributed by atoms with Gasteiger partial charge in [-0.25, -0.2) is 0 Å². The van der Waals surface area contributed by atoms with E-state index in [9.17, 15) is 13.6 Å². The lowest BCUT2D eigenvalue weighted by molar-refractivity contribution is -0.0502. The number of hydrogen-bond acceptors (Lipinski definition) is 3. The Kier molecular flexibility index (Phi) is 7.49. The van der Waals surface area contributed by atoms with Gasteiger partial charge in [-0.2, -0.15) is 8.78 Å². The SMILES string of the molecule is CC/C=C(\C)N(CCC(C)C)C(=O)c1cnc2cc(OC(F)F)c(C)cc2c1. The van der Waals surface area contributed by atoms with Crippen molar-refractivity contribution in [1.82, 2.24) is 9.88 Å². The number of benzene rings is 1. The number of allylic oxidation sites excluding steroid dienone is 2. The third-order valence-corrected chi connectivity index (χ3v) is 4.54. The molecule has 0 atom stereocenters. The van der Waals surface area contributed by atoms with Crippen LogP contribution >= 0.6 is 0 Å². The van der Waals surface area contributed by atoms with Gasteiger partial charge >= 0.3 is 6.61 Å². The number of aromatic nitrogens is 1. The molecule has 0 bridgehead atoms. The molecule has 0 saturated carbocycles. The highest BCUT2D eigenvalue weighted by molar-refractivity contribution is 5.98. The van der Waals surface area contributed by atoms with Crippen LogP contribution in [0.15, 0.2) is 36.2 Å². The van der Waals surface area contributed by atoms with Crippen LogP contribution in [0.1, 0.15) is 56.5 Å². The van der Waals surface area contributed by atoms with E-state index in [0.717, 1.165) is 18.5 Å². The van der Waals surface area contributed by atoms with E-state index < -0.39 is 6.61 Å². The van der Waals surface area contributed by atoms with E-state index in [2.05, 4.69) is 23.6 Å². The predicted octanol–water partition coefficient (Wildman–Crippen LogP) is 5.95. The molecule has 152 valence electrons. The molecule has 2 aromatic rings. The van der Waals surface area contributed by atoms with Gasteiger partial charge in [0.25, 0.3) is 5.91 Å². The zero-order valence-corrected chi connectivity index (χ0v) is 17.1. The van der Waals surface area contributed by atoms with E-state index in [4.69, 9.17) is 0 Å². The molecule has 0 unspecified atom stereocenters. The number of carbonyl (C=O) groups is 1. The summed E-state index contributed by atoms with van der Waals surface area (Å²) in [5.41, 5.74) is 2.47. The Morgan fingerprint density at radius 3 is 2.61 bits per heavy atom. The molecule has 0 spiro atoms.